The minimum Gasteiger partial charge on any atom is -0.496 e. The van der Waals surface area contributed by atoms with Crippen LogP contribution in [0, 0.1) is 0 Å². The molecule has 1 aliphatic carbocycles. The van der Waals surface area contributed by atoms with Crippen molar-refractivity contribution in [1.82, 2.24) is 5.43 Å². The third-order valence-electron chi connectivity index (χ3n) is 2.85. The molecule has 0 aromatic heterocycles. The number of nitrogens with zero attached hydrogens (tertiary/aromatic N) is 1. The molecule has 4 nitrogen and oxygen atoms in total. The van der Waals surface area contributed by atoms with E-state index in [1.54, 1.807) is 25.3 Å². The molecule has 0 unspecified atom stereocenters. The average Bonchev–Trinajstić information content (AvgIpc) is 2.89. The van der Waals surface area contributed by atoms with Gasteiger partial charge in [0.1, 0.15) is 5.75 Å². The lowest BCUT2D eigenvalue weighted by atomic mass is 10.2. The van der Waals surface area contributed by atoms with Gasteiger partial charge in [-0.05, 0) is 37.8 Å². The van der Waals surface area contributed by atoms with E-state index in [9.17, 15) is 4.79 Å². The van der Waals surface area contributed by atoms with Gasteiger partial charge in [0.2, 0.25) is 0 Å². The van der Waals surface area contributed by atoms with Gasteiger partial charge in [-0.3, -0.25) is 4.79 Å². The summed E-state index contributed by atoms with van der Waals surface area (Å²) in [6.07, 6.45) is 4.32. The Morgan fingerprint density at radius 1 is 1.29 bits per heavy atom. The highest BCUT2D eigenvalue weighted by Crippen LogP contribution is 2.17. The summed E-state index contributed by atoms with van der Waals surface area (Å²) in [4.78, 5) is 11.9. The smallest absolute Gasteiger partial charge is 0.275 e. The van der Waals surface area contributed by atoms with E-state index in [1.807, 2.05) is 6.07 Å². The molecule has 90 valence electrons. The summed E-state index contributed by atoms with van der Waals surface area (Å²) in [5.74, 6) is 0.346. The number of carbonyl (C=O) groups excluding carboxylic acids is 1. The predicted octanol–water partition coefficient (Wildman–Crippen LogP) is 2.36. The van der Waals surface area contributed by atoms with Crippen molar-refractivity contribution >= 4 is 11.6 Å². The van der Waals surface area contributed by atoms with Crippen LogP contribution >= 0.6 is 0 Å². The molecule has 4 heteroatoms. The Labute approximate surface area is 101 Å². The number of methoxy groups -OCH3 is 1. The van der Waals surface area contributed by atoms with E-state index < -0.39 is 0 Å². The molecule has 1 saturated carbocycles. The Hall–Kier alpha value is -1.84. The Morgan fingerprint density at radius 2 is 2.00 bits per heavy atom. The molecule has 0 radical (unpaired) electrons. The van der Waals surface area contributed by atoms with Crippen molar-refractivity contribution in [3.05, 3.63) is 29.8 Å². The summed E-state index contributed by atoms with van der Waals surface area (Å²) in [6.45, 7) is 0. The molecule has 1 fully saturated rings. The van der Waals surface area contributed by atoms with Crippen molar-refractivity contribution in [1.29, 1.82) is 0 Å². The number of nitrogens with one attached hydrogen (secondary N) is 1. The van der Waals surface area contributed by atoms with E-state index in [0.29, 0.717) is 11.3 Å². The molecule has 17 heavy (non-hydrogen) atoms. The van der Waals surface area contributed by atoms with Crippen LogP contribution in [0.3, 0.4) is 0 Å². The molecule has 1 aromatic rings. The van der Waals surface area contributed by atoms with Gasteiger partial charge in [0, 0.05) is 5.71 Å². The highest BCUT2D eigenvalue weighted by Gasteiger charge is 2.12. The van der Waals surface area contributed by atoms with E-state index >= 15 is 0 Å². The Kier molecular flexibility index (Phi) is 3.75. The molecule has 0 aliphatic heterocycles. The van der Waals surface area contributed by atoms with Gasteiger partial charge >= 0.3 is 0 Å². The van der Waals surface area contributed by atoms with E-state index in [0.717, 1.165) is 18.6 Å². The number of hydrazone groups is 1. The van der Waals surface area contributed by atoms with Crippen LogP contribution in [-0.4, -0.2) is 18.7 Å². The van der Waals surface area contributed by atoms with Gasteiger partial charge in [0.05, 0.1) is 12.7 Å². The lowest BCUT2D eigenvalue weighted by Crippen LogP contribution is -2.19. The number of hydrogen-bond donors (Lipinski definition) is 1. The highest BCUT2D eigenvalue weighted by atomic mass is 16.5. The first-order valence-electron chi connectivity index (χ1n) is 5.80. The topological polar surface area (TPSA) is 50.7 Å². The molecule has 1 aromatic carbocycles. The van der Waals surface area contributed by atoms with Gasteiger partial charge in [-0.2, -0.15) is 5.10 Å². The fourth-order valence-corrected chi connectivity index (χ4v) is 1.92. The molecule has 0 saturated heterocycles. The van der Waals surface area contributed by atoms with Crippen LogP contribution in [0.15, 0.2) is 29.4 Å². The lowest BCUT2D eigenvalue weighted by molar-refractivity contribution is 0.0951. The molecule has 2 rings (SSSR count). The zero-order valence-electron chi connectivity index (χ0n) is 9.90. The third-order valence-corrected chi connectivity index (χ3v) is 2.85. The second-order valence-corrected chi connectivity index (χ2v) is 4.03. The van der Waals surface area contributed by atoms with Crippen LogP contribution in [0.4, 0.5) is 0 Å². The second kappa shape index (κ2) is 5.48. The van der Waals surface area contributed by atoms with E-state index in [2.05, 4.69) is 10.5 Å². The van der Waals surface area contributed by atoms with Crippen molar-refractivity contribution in [2.24, 2.45) is 5.10 Å². The quantitative estimate of drug-likeness (QED) is 0.813. The number of hydrogen-bond acceptors (Lipinski definition) is 3. The van der Waals surface area contributed by atoms with E-state index in [-0.39, 0.29) is 5.91 Å². The molecule has 1 amide bonds. The van der Waals surface area contributed by atoms with Gasteiger partial charge in [0.15, 0.2) is 0 Å². The number of para-hydroxylation sites is 1. The van der Waals surface area contributed by atoms with E-state index in [4.69, 9.17) is 4.74 Å². The number of amides is 1. The Balaban J connectivity index is 2.06. The van der Waals surface area contributed by atoms with Crippen LogP contribution < -0.4 is 10.2 Å². The Bertz CT molecular complexity index is 433. The molecule has 1 N–H and O–H groups in total. The zero-order chi connectivity index (χ0) is 12.1. The van der Waals surface area contributed by atoms with Crippen molar-refractivity contribution in [2.75, 3.05) is 7.11 Å². The first kappa shape index (κ1) is 11.6. The van der Waals surface area contributed by atoms with Crippen LogP contribution in [0.2, 0.25) is 0 Å². The Morgan fingerprint density at radius 3 is 2.71 bits per heavy atom. The first-order valence-corrected chi connectivity index (χ1v) is 5.80. The molecule has 0 atom stereocenters. The SMILES string of the molecule is COc1ccccc1C(=O)NN=C1CCCC1. The maximum atomic E-state index is 11.9. The maximum Gasteiger partial charge on any atom is 0.275 e. The number of rotatable bonds is 3. The summed E-state index contributed by atoms with van der Waals surface area (Å²) in [6, 6.07) is 7.12. The maximum absolute atomic E-state index is 11.9. The summed E-state index contributed by atoms with van der Waals surface area (Å²) in [7, 11) is 1.55. The highest BCUT2D eigenvalue weighted by molar-refractivity contribution is 5.98. The normalized spacial score (nSPS) is 14.5. The fraction of sp³-hybridized carbons (Fsp3) is 0.385. The largest absolute Gasteiger partial charge is 0.496 e. The van der Waals surface area contributed by atoms with Gasteiger partial charge in [-0.1, -0.05) is 12.1 Å². The summed E-state index contributed by atoms with van der Waals surface area (Å²) >= 11 is 0. The van der Waals surface area contributed by atoms with Crippen LogP contribution in [0.1, 0.15) is 36.0 Å². The van der Waals surface area contributed by atoms with Crippen LogP contribution in [0.25, 0.3) is 0 Å². The molecule has 0 spiro atoms. The molecule has 0 bridgehead atoms. The van der Waals surface area contributed by atoms with Gasteiger partial charge < -0.3 is 4.74 Å². The van der Waals surface area contributed by atoms with Crippen LogP contribution in [-0.2, 0) is 0 Å². The summed E-state index contributed by atoms with van der Waals surface area (Å²) in [5, 5.41) is 4.14. The van der Waals surface area contributed by atoms with Crippen LogP contribution in [0.5, 0.6) is 5.75 Å². The molecular weight excluding hydrogens is 216 g/mol. The van der Waals surface area contributed by atoms with Gasteiger partial charge in [0.25, 0.3) is 5.91 Å². The first-order chi connectivity index (χ1) is 8.31. The number of carbonyl (C=O) groups is 1. The number of benzene rings is 1. The summed E-state index contributed by atoms with van der Waals surface area (Å²) in [5.41, 5.74) is 4.17. The average molecular weight is 232 g/mol. The fourth-order valence-electron chi connectivity index (χ4n) is 1.92. The standard InChI is InChI=1S/C13H16N2O2/c1-17-12-9-5-4-8-11(12)13(16)15-14-10-6-2-3-7-10/h4-5,8-9H,2-3,6-7H2,1H3,(H,15,16). The molecule has 0 heterocycles. The monoisotopic (exact) mass is 232 g/mol. The summed E-state index contributed by atoms with van der Waals surface area (Å²) < 4.78 is 5.13. The zero-order valence-corrected chi connectivity index (χ0v) is 9.90. The van der Waals surface area contributed by atoms with Crippen molar-refractivity contribution in [2.45, 2.75) is 25.7 Å². The second-order valence-electron chi connectivity index (χ2n) is 4.03. The minimum atomic E-state index is -0.221. The van der Waals surface area contributed by atoms with Gasteiger partial charge in [-0.15, -0.1) is 0 Å². The lowest BCUT2D eigenvalue weighted by Gasteiger charge is -2.06. The van der Waals surface area contributed by atoms with E-state index in [1.165, 1.54) is 12.8 Å². The van der Waals surface area contributed by atoms with Crippen molar-refractivity contribution < 1.29 is 9.53 Å². The minimum absolute atomic E-state index is 0.221. The van der Waals surface area contributed by atoms with Crippen molar-refractivity contribution in [3.63, 3.8) is 0 Å². The predicted molar refractivity (Wildman–Crippen MR) is 66.4 cm³/mol. The number of ether oxygens (including phenoxy) is 1. The van der Waals surface area contributed by atoms with Crippen molar-refractivity contribution in [3.8, 4) is 5.75 Å². The third kappa shape index (κ3) is 2.84. The molecule has 1 aliphatic rings. The van der Waals surface area contributed by atoms with Gasteiger partial charge in [-0.25, -0.2) is 5.43 Å². The molecular formula is C13H16N2O2.